The van der Waals surface area contributed by atoms with Crippen molar-refractivity contribution >= 4 is 13.7 Å². The zero-order valence-electron chi connectivity index (χ0n) is 36.4. The lowest BCUT2D eigenvalue weighted by atomic mass is 10.0. The van der Waals surface area contributed by atoms with E-state index in [0.29, 0.717) is 12.8 Å². The standard InChI is InChI=1S/C47H89N2O6P/c1-3-5-7-9-11-13-15-17-19-21-22-23-25-26-28-30-32-34-36-38-40-46(50)45(44-55-56(52,53)54-43-42-48)49-47(51)41-39-37-35-33-31-29-27-24-20-18-16-14-12-10-8-6-4-2/h6,8,12,14,18,20,27,29,45-46,50H,3-5,7,9-11,13,15-17,19,21-26,28,30-44,48H2,1-2H3,(H,49,51)(H,52,53)/b8-6-,14-12-,20-18-,29-27-. The van der Waals surface area contributed by atoms with Crippen molar-refractivity contribution in [3.8, 4) is 0 Å². The van der Waals surface area contributed by atoms with Crippen LogP contribution in [-0.2, 0) is 18.4 Å². The third-order valence-electron chi connectivity index (χ3n) is 10.2. The lowest BCUT2D eigenvalue weighted by Gasteiger charge is -2.25. The third kappa shape index (κ3) is 40.6. The van der Waals surface area contributed by atoms with Crippen LogP contribution in [0.15, 0.2) is 48.6 Å². The molecule has 3 atom stereocenters. The van der Waals surface area contributed by atoms with Crippen LogP contribution in [0.1, 0.15) is 213 Å². The molecule has 5 N–H and O–H groups in total. The summed E-state index contributed by atoms with van der Waals surface area (Å²) < 4.78 is 22.2. The van der Waals surface area contributed by atoms with Crippen molar-refractivity contribution < 1.29 is 28.4 Å². The highest BCUT2D eigenvalue weighted by Crippen LogP contribution is 2.43. The van der Waals surface area contributed by atoms with Crippen LogP contribution in [0.5, 0.6) is 0 Å². The molecule has 0 spiro atoms. The van der Waals surface area contributed by atoms with Crippen molar-refractivity contribution in [2.45, 2.75) is 225 Å². The van der Waals surface area contributed by atoms with Gasteiger partial charge in [-0.2, -0.15) is 0 Å². The number of phosphoric ester groups is 1. The first-order valence-corrected chi connectivity index (χ1v) is 24.7. The molecule has 0 fully saturated rings. The van der Waals surface area contributed by atoms with E-state index >= 15 is 0 Å². The van der Waals surface area contributed by atoms with E-state index in [0.717, 1.165) is 77.0 Å². The number of allylic oxidation sites excluding steroid dienone is 8. The highest BCUT2D eigenvalue weighted by atomic mass is 31.2. The molecule has 0 aromatic carbocycles. The van der Waals surface area contributed by atoms with Gasteiger partial charge < -0.3 is 21.1 Å². The number of hydrogen-bond acceptors (Lipinski definition) is 6. The number of aliphatic hydroxyl groups excluding tert-OH is 1. The summed E-state index contributed by atoms with van der Waals surface area (Å²) in [7, 11) is -4.33. The molecule has 0 rings (SSSR count). The Bertz CT molecular complexity index is 1020. The minimum absolute atomic E-state index is 0.0829. The van der Waals surface area contributed by atoms with Crippen LogP contribution in [-0.4, -0.2) is 47.8 Å². The molecule has 0 heterocycles. The summed E-state index contributed by atoms with van der Waals surface area (Å²) in [6.07, 6.45) is 52.7. The van der Waals surface area contributed by atoms with Gasteiger partial charge in [0.25, 0.3) is 0 Å². The zero-order chi connectivity index (χ0) is 41.1. The predicted molar refractivity (Wildman–Crippen MR) is 240 cm³/mol. The van der Waals surface area contributed by atoms with Gasteiger partial charge in [-0.05, 0) is 51.4 Å². The van der Waals surface area contributed by atoms with Crippen LogP contribution in [0, 0.1) is 0 Å². The molecule has 1 amide bonds. The van der Waals surface area contributed by atoms with E-state index in [4.69, 9.17) is 14.8 Å². The van der Waals surface area contributed by atoms with Gasteiger partial charge in [0.2, 0.25) is 5.91 Å². The number of hydrogen-bond donors (Lipinski definition) is 4. The molecule has 0 aliphatic rings. The Balaban J connectivity index is 4.15. The fourth-order valence-corrected chi connectivity index (χ4v) is 7.48. The van der Waals surface area contributed by atoms with Gasteiger partial charge in [-0.15, -0.1) is 0 Å². The molecule has 0 saturated carbocycles. The van der Waals surface area contributed by atoms with Crippen molar-refractivity contribution in [3.63, 3.8) is 0 Å². The Kier molecular flexibility index (Phi) is 41.9. The van der Waals surface area contributed by atoms with Gasteiger partial charge in [-0.25, -0.2) is 4.57 Å². The van der Waals surface area contributed by atoms with Gasteiger partial charge in [-0.1, -0.05) is 204 Å². The Morgan fingerprint density at radius 3 is 1.52 bits per heavy atom. The second-order valence-electron chi connectivity index (χ2n) is 15.6. The molecule has 0 radical (unpaired) electrons. The van der Waals surface area contributed by atoms with E-state index in [-0.39, 0.29) is 25.7 Å². The predicted octanol–water partition coefficient (Wildman–Crippen LogP) is 13.3. The molecule has 3 unspecified atom stereocenters. The molecular formula is C47H89N2O6P. The number of amides is 1. The SMILES string of the molecule is CC/C=C\C/C=C\C/C=C\C/C=C\CCCCCCC(=O)NC(COP(=O)(O)OCCN)C(O)CCCCCCCCCCCCCCCCCCCCCC. The largest absolute Gasteiger partial charge is 0.472 e. The molecule has 0 saturated heterocycles. The van der Waals surface area contributed by atoms with E-state index in [2.05, 4.69) is 67.8 Å². The second-order valence-corrected chi connectivity index (χ2v) is 17.0. The van der Waals surface area contributed by atoms with Crippen LogP contribution in [0.2, 0.25) is 0 Å². The minimum Gasteiger partial charge on any atom is -0.391 e. The summed E-state index contributed by atoms with van der Waals surface area (Å²) in [5.41, 5.74) is 5.39. The molecule has 0 bridgehead atoms. The fourth-order valence-electron chi connectivity index (χ4n) is 6.72. The average molecular weight is 809 g/mol. The summed E-state index contributed by atoms with van der Waals surface area (Å²) in [5, 5.41) is 13.8. The van der Waals surface area contributed by atoms with Gasteiger partial charge in [0.05, 0.1) is 25.4 Å². The van der Waals surface area contributed by atoms with Crippen molar-refractivity contribution in [1.29, 1.82) is 0 Å². The first kappa shape index (κ1) is 54.5. The molecule has 0 aliphatic heterocycles. The van der Waals surface area contributed by atoms with E-state index in [1.165, 1.54) is 109 Å². The van der Waals surface area contributed by atoms with Crippen molar-refractivity contribution in [3.05, 3.63) is 48.6 Å². The summed E-state index contributed by atoms with van der Waals surface area (Å²) in [5.74, 6) is -0.184. The van der Waals surface area contributed by atoms with E-state index in [1.807, 2.05) is 0 Å². The number of carbonyl (C=O) groups excluding carboxylic acids is 1. The number of phosphoric acid groups is 1. The van der Waals surface area contributed by atoms with Crippen molar-refractivity contribution in [2.75, 3.05) is 19.8 Å². The quantitative estimate of drug-likeness (QED) is 0.0274. The van der Waals surface area contributed by atoms with Crippen LogP contribution in [0.4, 0.5) is 0 Å². The van der Waals surface area contributed by atoms with Crippen LogP contribution >= 0.6 is 7.82 Å². The smallest absolute Gasteiger partial charge is 0.391 e. The maximum atomic E-state index is 12.8. The van der Waals surface area contributed by atoms with Crippen molar-refractivity contribution in [1.82, 2.24) is 5.32 Å². The van der Waals surface area contributed by atoms with Gasteiger partial charge in [0, 0.05) is 13.0 Å². The molecule has 8 nitrogen and oxygen atoms in total. The number of nitrogens with two attached hydrogens (primary N) is 1. The minimum atomic E-state index is -4.33. The summed E-state index contributed by atoms with van der Waals surface area (Å²) in [4.78, 5) is 22.8. The summed E-state index contributed by atoms with van der Waals surface area (Å²) in [6, 6.07) is -0.789. The monoisotopic (exact) mass is 809 g/mol. The number of nitrogens with one attached hydrogen (secondary N) is 1. The Morgan fingerprint density at radius 2 is 1.04 bits per heavy atom. The summed E-state index contributed by atoms with van der Waals surface area (Å²) >= 11 is 0. The van der Waals surface area contributed by atoms with Crippen LogP contribution < -0.4 is 11.1 Å². The van der Waals surface area contributed by atoms with Gasteiger partial charge in [0.1, 0.15) is 0 Å². The molecule has 0 aromatic heterocycles. The number of rotatable bonds is 43. The number of carbonyl (C=O) groups is 1. The van der Waals surface area contributed by atoms with Gasteiger partial charge in [0.15, 0.2) is 0 Å². The normalized spacial score (nSPS) is 14.4. The number of aliphatic hydroxyl groups is 1. The van der Waals surface area contributed by atoms with Crippen LogP contribution in [0.25, 0.3) is 0 Å². The maximum absolute atomic E-state index is 12.8. The topological polar surface area (TPSA) is 131 Å². The zero-order valence-corrected chi connectivity index (χ0v) is 37.3. The first-order valence-electron chi connectivity index (χ1n) is 23.3. The lowest BCUT2D eigenvalue weighted by Crippen LogP contribution is -2.46. The van der Waals surface area contributed by atoms with E-state index in [1.54, 1.807) is 0 Å². The van der Waals surface area contributed by atoms with Crippen molar-refractivity contribution in [2.24, 2.45) is 5.73 Å². The molecule has 9 heteroatoms. The average Bonchev–Trinajstić information content (AvgIpc) is 3.19. The fraction of sp³-hybridized carbons (Fsp3) is 0.809. The van der Waals surface area contributed by atoms with Gasteiger partial charge >= 0.3 is 7.82 Å². The summed E-state index contributed by atoms with van der Waals surface area (Å²) in [6.45, 7) is 4.09. The Hall–Kier alpha value is -1.54. The third-order valence-corrected chi connectivity index (χ3v) is 11.2. The molecular weight excluding hydrogens is 719 g/mol. The maximum Gasteiger partial charge on any atom is 0.472 e. The second kappa shape index (κ2) is 43.0. The molecule has 0 aromatic rings. The molecule has 328 valence electrons. The lowest BCUT2D eigenvalue weighted by molar-refractivity contribution is -0.123. The Morgan fingerprint density at radius 1 is 0.607 bits per heavy atom. The molecule has 0 aliphatic carbocycles. The Labute approximate surface area is 345 Å². The number of unbranched alkanes of at least 4 members (excludes halogenated alkanes) is 23. The highest BCUT2D eigenvalue weighted by Gasteiger charge is 2.27. The van der Waals surface area contributed by atoms with Gasteiger partial charge in [-0.3, -0.25) is 13.8 Å². The van der Waals surface area contributed by atoms with Crippen LogP contribution in [0.3, 0.4) is 0 Å². The van der Waals surface area contributed by atoms with E-state index < -0.39 is 20.0 Å². The highest BCUT2D eigenvalue weighted by molar-refractivity contribution is 7.47. The van der Waals surface area contributed by atoms with E-state index in [9.17, 15) is 19.4 Å². The molecule has 56 heavy (non-hydrogen) atoms. The first-order chi connectivity index (χ1) is 27.4.